The molecule has 0 rings (SSSR count). The van der Waals surface area contributed by atoms with Crippen LogP contribution in [0.4, 0.5) is 0 Å². The van der Waals surface area contributed by atoms with Crippen LogP contribution in [0.2, 0.25) is 0 Å². The van der Waals surface area contributed by atoms with Crippen molar-refractivity contribution in [1.29, 1.82) is 0 Å². The fourth-order valence-corrected chi connectivity index (χ4v) is 0.494. The van der Waals surface area contributed by atoms with Crippen LogP contribution in [0.15, 0.2) is 0 Å². The van der Waals surface area contributed by atoms with E-state index in [0.717, 1.165) is 0 Å². The molecule has 6 N–H and O–H groups in total. The molecule has 0 spiro atoms. The quantitative estimate of drug-likeness (QED) is 0.740. The summed E-state index contributed by atoms with van der Waals surface area (Å²) in [7, 11) is 0. The van der Waals surface area contributed by atoms with E-state index in [0.29, 0.717) is 6.42 Å². The molecule has 0 heterocycles. The molecule has 2 atom stereocenters. The monoisotopic (exact) mass is 359 g/mol. The summed E-state index contributed by atoms with van der Waals surface area (Å²) in [5.41, 5.74) is 0. The Bertz CT molecular complexity index is 48.7. The van der Waals surface area contributed by atoms with Gasteiger partial charge in [0, 0.05) is 20.1 Å². The summed E-state index contributed by atoms with van der Waals surface area (Å²) < 4.78 is 0. The van der Waals surface area contributed by atoms with Gasteiger partial charge in [-0.25, -0.2) is 0 Å². The first kappa shape index (κ1) is 39.1. The predicted octanol–water partition coefficient (Wildman–Crippen LogP) is 2.47. The predicted molar refractivity (Wildman–Crippen MR) is 51.4 cm³/mol. The van der Waals surface area contributed by atoms with Crippen LogP contribution in [-0.4, -0.2) is 22.4 Å². The van der Waals surface area contributed by atoms with Gasteiger partial charge in [0.05, 0.1) is 12.2 Å². The topological polar surface area (TPSA) is 107 Å². The maximum Gasteiger partial charge on any atom is 0.0536 e. The number of hydrogen-bond donors (Lipinski definition) is 2. The van der Waals surface area contributed by atoms with Crippen molar-refractivity contribution in [3.05, 3.63) is 27.2 Å². The standard InChI is InChI=1S/C5H12O2.2CH3.Ir.2H2N/c1-4(6)3-5(2)7;;;;;/h4-7H,3H2,1-2H3;2*1H3;;2*1H2/q;2*-1;;2*-1. The van der Waals surface area contributed by atoms with Gasteiger partial charge < -0.3 is 37.4 Å². The third-order valence-corrected chi connectivity index (χ3v) is 0.682. The minimum atomic E-state index is -0.375. The maximum atomic E-state index is 8.56. The largest absolute Gasteiger partial charge is 0.693 e. The number of rotatable bonds is 2. The number of aliphatic hydroxyl groups is 2. The van der Waals surface area contributed by atoms with E-state index in [1.807, 2.05) is 0 Å². The van der Waals surface area contributed by atoms with Gasteiger partial charge in [-0.2, -0.15) is 0 Å². The Morgan fingerprint density at radius 1 is 0.917 bits per heavy atom. The molecule has 0 fully saturated rings. The van der Waals surface area contributed by atoms with Gasteiger partial charge in [-0.15, -0.1) is 0 Å². The molecule has 2 unspecified atom stereocenters. The Labute approximate surface area is 90.3 Å². The minimum absolute atomic E-state index is 0. The van der Waals surface area contributed by atoms with Crippen LogP contribution in [0.25, 0.3) is 12.3 Å². The Kier molecular flexibility index (Phi) is 73.5. The second-order valence-electron chi connectivity index (χ2n) is 1.93. The average Bonchev–Trinajstić information content (AvgIpc) is 1.27. The summed E-state index contributed by atoms with van der Waals surface area (Å²) in [6.45, 7) is 3.32. The molecule has 0 aromatic rings. The molecule has 4 nitrogen and oxygen atoms in total. The maximum absolute atomic E-state index is 8.56. The summed E-state index contributed by atoms with van der Waals surface area (Å²) in [5, 5.41) is 17.1. The Morgan fingerprint density at radius 3 is 1.08 bits per heavy atom. The molecule has 0 aliphatic heterocycles. The first-order valence-electron chi connectivity index (χ1n) is 2.49. The molecule has 85 valence electrons. The van der Waals surface area contributed by atoms with E-state index in [4.69, 9.17) is 10.2 Å². The van der Waals surface area contributed by atoms with Gasteiger partial charge in [0.25, 0.3) is 0 Å². The Hall–Kier alpha value is 0.489. The van der Waals surface area contributed by atoms with E-state index in [9.17, 15) is 0 Å². The van der Waals surface area contributed by atoms with Crippen molar-refractivity contribution in [1.82, 2.24) is 0 Å². The van der Waals surface area contributed by atoms with E-state index >= 15 is 0 Å². The van der Waals surface area contributed by atoms with Crippen LogP contribution < -0.4 is 0 Å². The van der Waals surface area contributed by atoms with Gasteiger partial charge in [0.1, 0.15) is 0 Å². The summed E-state index contributed by atoms with van der Waals surface area (Å²) in [6.07, 6.45) is -0.278. The first-order chi connectivity index (χ1) is 3.13. The summed E-state index contributed by atoms with van der Waals surface area (Å²) in [5.74, 6) is 0. The minimum Gasteiger partial charge on any atom is -0.693 e. The molecule has 0 saturated heterocycles. The number of nitrogens with two attached hydrogens (primary N) is 2. The molecule has 12 heavy (non-hydrogen) atoms. The fourth-order valence-electron chi connectivity index (χ4n) is 0.494. The molecule has 0 saturated carbocycles. The zero-order chi connectivity index (χ0) is 5.86. The van der Waals surface area contributed by atoms with Crippen LogP contribution in [0.3, 0.4) is 0 Å². The van der Waals surface area contributed by atoms with Crippen molar-refractivity contribution in [3.63, 3.8) is 0 Å². The fraction of sp³-hybridized carbons (Fsp3) is 0.714. The van der Waals surface area contributed by atoms with Crippen LogP contribution >= 0.6 is 0 Å². The summed E-state index contributed by atoms with van der Waals surface area (Å²) in [4.78, 5) is 0. The molecule has 0 aliphatic rings. The molecule has 0 aromatic carbocycles. The van der Waals surface area contributed by atoms with Crippen molar-refractivity contribution in [2.24, 2.45) is 0 Å². The zero-order valence-electron chi connectivity index (χ0n) is 8.24. The van der Waals surface area contributed by atoms with Crippen molar-refractivity contribution < 1.29 is 30.3 Å². The van der Waals surface area contributed by atoms with E-state index in [1.54, 1.807) is 13.8 Å². The third kappa shape index (κ3) is 46.9. The van der Waals surface area contributed by atoms with Gasteiger partial charge in [0.2, 0.25) is 0 Å². The molecule has 0 amide bonds. The molecule has 0 aromatic heterocycles. The normalized spacial score (nSPS) is 11.0. The smallest absolute Gasteiger partial charge is 0.0536 e. The van der Waals surface area contributed by atoms with Crippen molar-refractivity contribution in [2.75, 3.05) is 0 Å². The first-order valence-corrected chi connectivity index (χ1v) is 2.49. The molecule has 1 radical (unpaired) electrons. The van der Waals surface area contributed by atoms with Crippen LogP contribution in [0.1, 0.15) is 20.3 Å². The van der Waals surface area contributed by atoms with Gasteiger partial charge in [-0.05, 0) is 20.3 Å². The molecule has 0 bridgehead atoms. The van der Waals surface area contributed by atoms with Crippen molar-refractivity contribution in [3.8, 4) is 0 Å². The molecular weight excluding hydrogens is 336 g/mol. The van der Waals surface area contributed by atoms with Gasteiger partial charge in [-0.1, -0.05) is 0 Å². The summed E-state index contributed by atoms with van der Waals surface area (Å²) >= 11 is 0. The van der Waals surface area contributed by atoms with Gasteiger partial charge in [-0.3, -0.25) is 0 Å². The second kappa shape index (κ2) is 22.5. The van der Waals surface area contributed by atoms with Crippen molar-refractivity contribution in [2.45, 2.75) is 32.5 Å². The van der Waals surface area contributed by atoms with Gasteiger partial charge >= 0.3 is 0 Å². The van der Waals surface area contributed by atoms with Crippen LogP contribution in [0, 0.1) is 14.9 Å². The SMILES string of the molecule is CC(O)CC(C)O.[CH3-].[CH3-].[Ir].[NH2-].[NH2-]. The molecule has 5 heteroatoms. The number of hydrogen-bond acceptors (Lipinski definition) is 2. The second-order valence-corrected chi connectivity index (χ2v) is 1.93. The van der Waals surface area contributed by atoms with Crippen LogP contribution in [0.5, 0.6) is 0 Å². The van der Waals surface area contributed by atoms with E-state index in [-0.39, 0.29) is 59.5 Å². The molecule has 0 aliphatic carbocycles. The molecular formula is C7H22IrN2O2-4. The third-order valence-electron chi connectivity index (χ3n) is 0.682. The Balaban J connectivity index is -0.0000000180. The van der Waals surface area contributed by atoms with Gasteiger partial charge in [0.15, 0.2) is 0 Å². The number of aliphatic hydroxyl groups excluding tert-OH is 2. The average molecular weight is 358 g/mol. The van der Waals surface area contributed by atoms with Crippen LogP contribution in [-0.2, 0) is 20.1 Å². The van der Waals surface area contributed by atoms with E-state index in [1.165, 1.54) is 0 Å². The Morgan fingerprint density at radius 2 is 1.08 bits per heavy atom. The zero-order valence-corrected chi connectivity index (χ0v) is 10.6. The van der Waals surface area contributed by atoms with Crippen molar-refractivity contribution >= 4 is 0 Å². The van der Waals surface area contributed by atoms with E-state index < -0.39 is 0 Å². The van der Waals surface area contributed by atoms with E-state index in [2.05, 4.69) is 0 Å². The summed E-state index contributed by atoms with van der Waals surface area (Å²) in [6, 6.07) is 0.